The summed E-state index contributed by atoms with van der Waals surface area (Å²) in [6, 6.07) is 8.86. The summed E-state index contributed by atoms with van der Waals surface area (Å²) in [7, 11) is -1.90. The van der Waals surface area contributed by atoms with Crippen LogP contribution >= 0.6 is 0 Å². The molecule has 0 amide bonds. The van der Waals surface area contributed by atoms with Gasteiger partial charge in [0, 0.05) is 5.56 Å². The van der Waals surface area contributed by atoms with Crippen LogP contribution in [0.2, 0.25) is 16.6 Å². The average Bonchev–Trinajstić information content (AvgIpc) is 2.51. The molecule has 1 atom stereocenters. The number of hydrogen-bond donors (Lipinski definition) is 0. The largest absolute Gasteiger partial charge is 0.542 e. The molecule has 2 rings (SSSR count). The zero-order chi connectivity index (χ0) is 17.9. The first-order chi connectivity index (χ1) is 11.3. The summed E-state index contributed by atoms with van der Waals surface area (Å²) in [4.78, 5) is 0. The van der Waals surface area contributed by atoms with Gasteiger partial charge >= 0.3 is 0 Å². The van der Waals surface area contributed by atoms with Gasteiger partial charge in [-0.2, -0.15) is 0 Å². The molecular formula is C22H36OSi. The van der Waals surface area contributed by atoms with Crippen LogP contribution in [0.5, 0.6) is 0 Å². The molecule has 0 saturated carbocycles. The monoisotopic (exact) mass is 344 g/mol. The van der Waals surface area contributed by atoms with E-state index in [0.717, 1.165) is 6.42 Å². The van der Waals surface area contributed by atoms with E-state index in [-0.39, 0.29) is 0 Å². The lowest BCUT2D eigenvalue weighted by atomic mass is 9.86. The van der Waals surface area contributed by atoms with Crippen molar-refractivity contribution in [3.63, 3.8) is 0 Å². The molecule has 1 aromatic carbocycles. The predicted octanol–water partition coefficient (Wildman–Crippen LogP) is 7.19. The summed E-state index contributed by atoms with van der Waals surface area (Å²) in [6.45, 7) is 16.5. The summed E-state index contributed by atoms with van der Waals surface area (Å²) >= 11 is 0. The second-order valence-electron chi connectivity index (χ2n) is 8.36. The Morgan fingerprint density at radius 3 is 2.12 bits per heavy atom. The Hall–Kier alpha value is -1.02. The van der Waals surface area contributed by atoms with Crippen LogP contribution in [0.25, 0.3) is 5.76 Å². The van der Waals surface area contributed by atoms with Gasteiger partial charge in [0.25, 0.3) is 8.32 Å². The Balaban J connectivity index is 2.46. The highest BCUT2D eigenvalue weighted by molar-refractivity contribution is 6.78. The van der Waals surface area contributed by atoms with Crippen molar-refractivity contribution in [2.24, 2.45) is 5.92 Å². The molecule has 2 heteroatoms. The van der Waals surface area contributed by atoms with Crippen molar-refractivity contribution in [1.29, 1.82) is 0 Å². The van der Waals surface area contributed by atoms with Gasteiger partial charge in [0.1, 0.15) is 5.76 Å². The number of fused-ring (bicyclic) bond motifs is 1. The fraction of sp³-hybridized carbons (Fsp3) is 0.636. The van der Waals surface area contributed by atoms with Crippen molar-refractivity contribution in [3.05, 3.63) is 41.5 Å². The van der Waals surface area contributed by atoms with Crippen molar-refractivity contribution < 1.29 is 4.43 Å². The van der Waals surface area contributed by atoms with Crippen LogP contribution in [0.15, 0.2) is 30.3 Å². The topological polar surface area (TPSA) is 9.23 Å². The predicted molar refractivity (Wildman–Crippen MR) is 109 cm³/mol. The van der Waals surface area contributed by atoms with E-state index in [1.807, 2.05) is 0 Å². The summed E-state index contributed by atoms with van der Waals surface area (Å²) in [5.74, 6) is 1.80. The molecule has 24 heavy (non-hydrogen) atoms. The van der Waals surface area contributed by atoms with Crippen LogP contribution in [0.3, 0.4) is 0 Å². The minimum atomic E-state index is -1.90. The molecule has 134 valence electrons. The van der Waals surface area contributed by atoms with Crippen LogP contribution in [-0.2, 0) is 10.8 Å². The van der Waals surface area contributed by atoms with Crippen molar-refractivity contribution in [3.8, 4) is 0 Å². The maximum absolute atomic E-state index is 7.07. The highest BCUT2D eigenvalue weighted by Crippen LogP contribution is 2.46. The second kappa shape index (κ2) is 7.90. The Kier molecular flexibility index (Phi) is 6.36. The average molecular weight is 345 g/mol. The first-order valence-corrected chi connectivity index (χ1v) is 12.0. The lowest BCUT2D eigenvalue weighted by molar-refractivity contribution is 0.431. The van der Waals surface area contributed by atoms with E-state index in [0.29, 0.717) is 22.5 Å². The molecule has 1 nitrogen and oxygen atoms in total. The molecule has 0 bridgehead atoms. The van der Waals surface area contributed by atoms with Gasteiger partial charge in [0.05, 0.1) is 0 Å². The molecule has 0 spiro atoms. The van der Waals surface area contributed by atoms with Crippen molar-refractivity contribution in [2.45, 2.75) is 84.4 Å². The molecular weight excluding hydrogens is 308 g/mol. The Bertz CT molecular complexity index is 549. The minimum absolute atomic E-state index is 0.608. The van der Waals surface area contributed by atoms with Crippen molar-refractivity contribution >= 4 is 14.1 Å². The van der Waals surface area contributed by atoms with E-state index in [1.54, 1.807) is 0 Å². The highest BCUT2D eigenvalue weighted by Gasteiger charge is 2.47. The van der Waals surface area contributed by atoms with Crippen LogP contribution in [0.4, 0.5) is 0 Å². The summed E-state index contributed by atoms with van der Waals surface area (Å²) in [5, 5.41) is 0. The van der Waals surface area contributed by atoms with Crippen molar-refractivity contribution in [2.75, 3.05) is 0 Å². The van der Waals surface area contributed by atoms with Crippen LogP contribution in [0, 0.1) is 5.92 Å². The molecule has 0 N–H and O–H groups in total. The SMILES string of the molecule is CCCC1C=C(O[Si](C(C)C)(C(C)C)C(C)C)c2ccccc2C1. The van der Waals surface area contributed by atoms with E-state index in [2.05, 4.69) is 78.8 Å². The van der Waals surface area contributed by atoms with Gasteiger partial charge in [-0.05, 0) is 47.0 Å². The molecule has 0 saturated heterocycles. The number of hydrogen-bond acceptors (Lipinski definition) is 1. The summed E-state index contributed by atoms with van der Waals surface area (Å²) in [5.41, 5.74) is 4.63. The molecule has 0 heterocycles. The molecule has 0 aliphatic heterocycles. The van der Waals surface area contributed by atoms with Gasteiger partial charge in [-0.25, -0.2) is 0 Å². The van der Waals surface area contributed by atoms with Gasteiger partial charge in [0.2, 0.25) is 0 Å². The van der Waals surface area contributed by atoms with E-state index >= 15 is 0 Å². The van der Waals surface area contributed by atoms with Crippen LogP contribution in [0.1, 0.15) is 72.4 Å². The number of rotatable bonds is 7. The van der Waals surface area contributed by atoms with Gasteiger partial charge < -0.3 is 4.43 Å². The lowest BCUT2D eigenvalue weighted by Gasteiger charge is -2.44. The molecule has 0 aromatic heterocycles. The van der Waals surface area contributed by atoms with E-state index in [1.165, 1.54) is 29.7 Å². The third-order valence-corrected chi connectivity index (χ3v) is 11.8. The molecule has 0 radical (unpaired) electrons. The standard InChI is InChI=1S/C22H36OSi/c1-8-11-19-14-20-12-9-10-13-21(20)22(15-19)23-24(16(2)3,17(4)5)18(6)7/h9-10,12-13,15-19H,8,11,14H2,1-7H3. The van der Waals surface area contributed by atoms with E-state index < -0.39 is 8.32 Å². The van der Waals surface area contributed by atoms with Crippen LogP contribution in [-0.4, -0.2) is 8.32 Å². The maximum Gasteiger partial charge on any atom is 0.258 e. The van der Waals surface area contributed by atoms with Crippen LogP contribution < -0.4 is 0 Å². The zero-order valence-corrected chi connectivity index (χ0v) is 17.7. The third-order valence-electron chi connectivity index (χ3n) is 5.81. The lowest BCUT2D eigenvalue weighted by Crippen LogP contribution is -2.47. The Labute approximate surface area is 150 Å². The first-order valence-electron chi connectivity index (χ1n) is 9.81. The van der Waals surface area contributed by atoms with Gasteiger partial charge in [-0.3, -0.25) is 0 Å². The quantitative estimate of drug-likeness (QED) is 0.475. The fourth-order valence-corrected chi connectivity index (χ4v) is 10.0. The van der Waals surface area contributed by atoms with Gasteiger partial charge in [0.15, 0.2) is 0 Å². The fourth-order valence-electron chi connectivity index (χ4n) is 4.77. The van der Waals surface area contributed by atoms with Gasteiger partial charge in [-0.15, -0.1) is 0 Å². The second-order valence-corrected chi connectivity index (χ2v) is 13.7. The maximum atomic E-state index is 7.07. The minimum Gasteiger partial charge on any atom is -0.542 e. The first kappa shape index (κ1) is 19.3. The molecule has 1 unspecified atom stereocenters. The highest BCUT2D eigenvalue weighted by atomic mass is 28.4. The molecule has 0 fully saturated rings. The number of benzene rings is 1. The Morgan fingerprint density at radius 2 is 1.58 bits per heavy atom. The number of allylic oxidation sites excluding steroid dienone is 1. The smallest absolute Gasteiger partial charge is 0.258 e. The van der Waals surface area contributed by atoms with E-state index in [9.17, 15) is 0 Å². The third kappa shape index (κ3) is 3.64. The summed E-state index contributed by atoms with van der Waals surface area (Å²) < 4.78 is 7.07. The molecule has 1 aromatic rings. The Morgan fingerprint density at radius 1 is 1.00 bits per heavy atom. The van der Waals surface area contributed by atoms with E-state index in [4.69, 9.17) is 4.43 Å². The summed E-state index contributed by atoms with van der Waals surface area (Å²) in [6.07, 6.45) is 6.09. The van der Waals surface area contributed by atoms with Crippen molar-refractivity contribution in [1.82, 2.24) is 0 Å². The van der Waals surface area contributed by atoms with Gasteiger partial charge in [-0.1, -0.05) is 79.2 Å². The normalized spacial score (nSPS) is 18.1. The molecule has 1 aliphatic carbocycles. The molecule has 1 aliphatic rings. The zero-order valence-electron chi connectivity index (χ0n) is 16.7.